The normalized spacial score (nSPS) is 10.3. The molecule has 0 saturated carbocycles. The van der Waals surface area contributed by atoms with E-state index in [1.165, 1.54) is 38.5 Å². The Labute approximate surface area is 151 Å². The van der Waals surface area contributed by atoms with Gasteiger partial charge < -0.3 is 15.4 Å². The first-order valence-electron chi connectivity index (χ1n) is 9.37. The average molecular weight is 348 g/mol. The Kier molecular flexibility index (Phi) is 11.2. The van der Waals surface area contributed by atoms with Gasteiger partial charge in [-0.25, -0.2) is 0 Å². The second-order valence-electron chi connectivity index (χ2n) is 6.23. The molecule has 0 aliphatic carbocycles. The maximum Gasteiger partial charge on any atom is 0.309 e. The third-order valence-corrected chi connectivity index (χ3v) is 4.15. The maximum atomic E-state index is 11.8. The average Bonchev–Trinajstić information content (AvgIpc) is 2.64. The van der Waals surface area contributed by atoms with Gasteiger partial charge in [-0.2, -0.15) is 0 Å². The zero-order valence-corrected chi connectivity index (χ0v) is 15.6. The predicted molar refractivity (Wildman–Crippen MR) is 100 cm³/mol. The van der Waals surface area contributed by atoms with Crippen LogP contribution in [0.25, 0.3) is 0 Å². The van der Waals surface area contributed by atoms with E-state index in [2.05, 4.69) is 17.6 Å². The minimum Gasteiger partial charge on any atom is -0.496 e. The summed E-state index contributed by atoms with van der Waals surface area (Å²) in [5.74, 6) is -0.481. The number of rotatable bonds is 12. The van der Waals surface area contributed by atoms with Crippen molar-refractivity contribution in [1.82, 2.24) is 10.6 Å². The van der Waals surface area contributed by atoms with Crippen LogP contribution in [0.2, 0.25) is 0 Å². The van der Waals surface area contributed by atoms with Gasteiger partial charge in [0, 0.05) is 18.7 Å². The smallest absolute Gasteiger partial charge is 0.309 e. The fourth-order valence-electron chi connectivity index (χ4n) is 2.65. The van der Waals surface area contributed by atoms with Crippen molar-refractivity contribution in [2.45, 2.75) is 64.8 Å². The highest BCUT2D eigenvalue weighted by Crippen LogP contribution is 2.16. The molecule has 0 aliphatic rings. The second-order valence-corrected chi connectivity index (χ2v) is 6.23. The molecule has 0 heterocycles. The Bertz CT molecular complexity index is 517. The first-order chi connectivity index (χ1) is 12.2. The summed E-state index contributed by atoms with van der Waals surface area (Å²) >= 11 is 0. The Morgan fingerprint density at radius 2 is 1.48 bits per heavy atom. The number of para-hydroxylation sites is 1. The lowest BCUT2D eigenvalue weighted by molar-refractivity contribution is -0.139. The number of unbranched alkanes of at least 4 members (excludes halogenated alkanes) is 7. The lowest BCUT2D eigenvalue weighted by Crippen LogP contribution is -2.39. The number of hydrogen-bond acceptors (Lipinski definition) is 3. The third kappa shape index (κ3) is 9.13. The van der Waals surface area contributed by atoms with Crippen molar-refractivity contribution < 1.29 is 14.3 Å². The highest BCUT2D eigenvalue weighted by Gasteiger charge is 2.13. The van der Waals surface area contributed by atoms with Gasteiger partial charge in [0.25, 0.3) is 0 Å². The molecule has 0 radical (unpaired) electrons. The van der Waals surface area contributed by atoms with Crippen LogP contribution in [-0.4, -0.2) is 25.5 Å². The van der Waals surface area contributed by atoms with Gasteiger partial charge in [-0.05, 0) is 12.5 Å². The summed E-state index contributed by atoms with van der Waals surface area (Å²) in [6.07, 6.45) is 9.66. The zero-order chi connectivity index (χ0) is 18.3. The Hall–Kier alpha value is -2.04. The maximum absolute atomic E-state index is 11.8. The molecule has 0 bridgehead atoms. The van der Waals surface area contributed by atoms with Crippen molar-refractivity contribution in [2.24, 2.45) is 0 Å². The number of benzene rings is 1. The first kappa shape index (κ1) is 21.0. The fraction of sp³-hybridized carbons (Fsp3) is 0.600. The SMILES string of the molecule is CCCCCCCCCCNC(=O)C(=O)NCc1ccccc1OC. The molecule has 140 valence electrons. The topological polar surface area (TPSA) is 67.4 Å². The lowest BCUT2D eigenvalue weighted by Gasteiger charge is -2.09. The molecule has 0 unspecified atom stereocenters. The van der Waals surface area contributed by atoms with E-state index in [9.17, 15) is 9.59 Å². The van der Waals surface area contributed by atoms with Crippen molar-refractivity contribution in [3.05, 3.63) is 29.8 Å². The van der Waals surface area contributed by atoms with E-state index in [0.717, 1.165) is 18.4 Å². The van der Waals surface area contributed by atoms with E-state index < -0.39 is 11.8 Å². The van der Waals surface area contributed by atoms with E-state index in [4.69, 9.17) is 4.74 Å². The number of methoxy groups -OCH3 is 1. The van der Waals surface area contributed by atoms with Crippen LogP contribution in [0.5, 0.6) is 5.75 Å². The molecule has 0 fully saturated rings. The summed E-state index contributed by atoms with van der Waals surface area (Å²) in [7, 11) is 1.58. The van der Waals surface area contributed by atoms with Gasteiger partial charge in [-0.3, -0.25) is 9.59 Å². The minimum absolute atomic E-state index is 0.272. The van der Waals surface area contributed by atoms with Crippen LogP contribution in [0.1, 0.15) is 63.9 Å². The lowest BCUT2D eigenvalue weighted by atomic mass is 10.1. The van der Waals surface area contributed by atoms with Gasteiger partial charge >= 0.3 is 11.8 Å². The van der Waals surface area contributed by atoms with Gasteiger partial charge in [0.05, 0.1) is 7.11 Å². The highest BCUT2D eigenvalue weighted by atomic mass is 16.5. The predicted octanol–water partition coefficient (Wildman–Crippen LogP) is 3.57. The van der Waals surface area contributed by atoms with Crippen molar-refractivity contribution in [3.63, 3.8) is 0 Å². The third-order valence-electron chi connectivity index (χ3n) is 4.15. The molecule has 1 rings (SSSR count). The van der Waals surface area contributed by atoms with Crippen molar-refractivity contribution in [2.75, 3.05) is 13.7 Å². The van der Waals surface area contributed by atoms with Crippen LogP contribution in [0.4, 0.5) is 0 Å². The molecule has 1 aromatic rings. The number of carbonyl (C=O) groups excluding carboxylic acids is 2. The van der Waals surface area contributed by atoms with Crippen LogP contribution in [0.3, 0.4) is 0 Å². The molecule has 0 saturated heterocycles. The molecular weight excluding hydrogens is 316 g/mol. The molecule has 0 spiro atoms. The second kappa shape index (κ2) is 13.3. The quantitative estimate of drug-likeness (QED) is 0.448. The van der Waals surface area contributed by atoms with Crippen LogP contribution >= 0.6 is 0 Å². The van der Waals surface area contributed by atoms with Crippen molar-refractivity contribution in [1.29, 1.82) is 0 Å². The van der Waals surface area contributed by atoms with Gasteiger partial charge in [-0.1, -0.05) is 70.1 Å². The largest absolute Gasteiger partial charge is 0.496 e. The summed E-state index contributed by atoms with van der Waals surface area (Å²) in [5.41, 5.74) is 0.842. The Morgan fingerprint density at radius 3 is 2.16 bits per heavy atom. The summed E-state index contributed by atoms with van der Waals surface area (Å²) in [4.78, 5) is 23.6. The number of amides is 2. The van der Waals surface area contributed by atoms with Crippen LogP contribution in [-0.2, 0) is 16.1 Å². The molecule has 1 aromatic carbocycles. The molecule has 0 aliphatic heterocycles. The molecule has 2 N–H and O–H groups in total. The summed E-state index contributed by atoms with van der Waals surface area (Å²) in [5, 5.41) is 5.30. The molecule has 25 heavy (non-hydrogen) atoms. The number of ether oxygens (including phenoxy) is 1. The Balaban J connectivity index is 2.11. The van der Waals surface area contributed by atoms with Crippen LogP contribution in [0.15, 0.2) is 24.3 Å². The Morgan fingerprint density at radius 1 is 0.880 bits per heavy atom. The van der Waals surface area contributed by atoms with E-state index in [-0.39, 0.29) is 6.54 Å². The molecule has 0 atom stereocenters. The van der Waals surface area contributed by atoms with E-state index in [0.29, 0.717) is 12.3 Å². The standard InChI is InChI=1S/C20H32N2O3/c1-3-4-5-6-7-8-9-12-15-21-19(23)20(24)22-16-17-13-10-11-14-18(17)25-2/h10-11,13-14H,3-9,12,15-16H2,1-2H3,(H,21,23)(H,22,24). The fourth-order valence-corrected chi connectivity index (χ4v) is 2.65. The molecule has 5 heteroatoms. The van der Waals surface area contributed by atoms with Gasteiger partial charge in [0.2, 0.25) is 0 Å². The van der Waals surface area contributed by atoms with E-state index in [1.54, 1.807) is 7.11 Å². The van der Waals surface area contributed by atoms with Crippen LogP contribution in [0, 0.1) is 0 Å². The monoisotopic (exact) mass is 348 g/mol. The zero-order valence-electron chi connectivity index (χ0n) is 15.6. The van der Waals surface area contributed by atoms with Crippen molar-refractivity contribution >= 4 is 11.8 Å². The minimum atomic E-state index is -0.606. The molecular formula is C20H32N2O3. The summed E-state index contributed by atoms with van der Waals surface area (Å²) in [6.45, 7) is 3.04. The molecule has 2 amide bonds. The van der Waals surface area contributed by atoms with E-state index in [1.807, 2.05) is 24.3 Å². The molecule has 0 aromatic heterocycles. The van der Waals surface area contributed by atoms with Gasteiger partial charge in [0.1, 0.15) is 5.75 Å². The van der Waals surface area contributed by atoms with Gasteiger partial charge in [0.15, 0.2) is 0 Å². The number of hydrogen-bond donors (Lipinski definition) is 2. The number of nitrogens with one attached hydrogen (secondary N) is 2. The molecule has 5 nitrogen and oxygen atoms in total. The number of carbonyl (C=O) groups is 2. The van der Waals surface area contributed by atoms with E-state index >= 15 is 0 Å². The summed E-state index contributed by atoms with van der Waals surface area (Å²) in [6, 6.07) is 7.41. The first-order valence-corrected chi connectivity index (χ1v) is 9.37. The van der Waals surface area contributed by atoms with Crippen molar-refractivity contribution in [3.8, 4) is 5.75 Å². The highest BCUT2D eigenvalue weighted by molar-refractivity contribution is 6.35. The van der Waals surface area contributed by atoms with Gasteiger partial charge in [-0.15, -0.1) is 0 Å². The summed E-state index contributed by atoms with van der Waals surface area (Å²) < 4.78 is 5.22. The van der Waals surface area contributed by atoms with Crippen LogP contribution < -0.4 is 15.4 Å².